The van der Waals surface area contributed by atoms with Crippen molar-refractivity contribution in [3.8, 4) is 5.82 Å². The van der Waals surface area contributed by atoms with Crippen molar-refractivity contribution in [3.63, 3.8) is 0 Å². The molecule has 0 atom stereocenters. The van der Waals surface area contributed by atoms with Gasteiger partial charge in [-0.15, -0.1) is 0 Å². The van der Waals surface area contributed by atoms with Crippen LogP contribution < -0.4 is 10.6 Å². The minimum atomic E-state index is 0.527. The summed E-state index contributed by atoms with van der Waals surface area (Å²) in [5, 5.41) is 10.6. The fourth-order valence-corrected chi connectivity index (χ4v) is 1.56. The van der Waals surface area contributed by atoms with E-state index in [1.807, 2.05) is 18.3 Å². The van der Waals surface area contributed by atoms with Gasteiger partial charge in [0.25, 0.3) is 0 Å². The van der Waals surface area contributed by atoms with E-state index in [9.17, 15) is 0 Å². The summed E-state index contributed by atoms with van der Waals surface area (Å²) in [6.07, 6.45) is 4.94. The highest BCUT2D eigenvalue weighted by Gasteiger charge is 2.15. The van der Waals surface area contributed by atoms with Gasteiger partial charge in [0.05, 0.1) is 17.9 Å². The zero-order valence-corrected chi connectivity index (χ0v) is 8.67. The molecule has 1 saturated heterocycles. The second kappa shape index (κ2) is 3.90. The van der Waals surface area contributed by atoms with E-state index in [2.05, 4.69) is 25.7 Å². The van der Waals surface area contributed by atoms with Crippen molar-refractivity contribution in [2.45, 2.75) is 6.04 Å². The molecule has 0 unspecified atom stereocenters. The topological polar surface area (TPSA) is 67.7 Å². The zero-order valence-electron chi connectivity index (χ0n) is 8.67. The minimum Gasteiger partial charge on any atom is -0.378 e. The number of nitrogens with zero attached hydrogens (tertiary/aromatic N) is 4. The lowest BCUT2D eigenvalue weighted by atomic mass is 10.2. The van der Waals surface area contributed by atoms with E-state index in [0.717, 1.165) is 24.6 Å². The Morgan fingerprint density at radius 2 is 2.31 bits per heavy atom. The fraction of sp³-hybridized carbons (Fsp3) is 0.300. The molecular formula is C10H12N6. The highest BCUT2D eigenvalue weighted by Crippen LogP contribution is 2.10. The van der Waals surface area contributed by atoms with Gasteiger partial charge in [-0.3, -0.25) is 0 Å². The Bertz CT molecular complexity index is 445. The van der Waals surface area contributed by atoms with Gasteiger partial charge in [0.1, 0.15) is 12.7 Å². The molecule has 2 aromatic rings. The van der Waals surface area contributed by atoms with Crippen LogP contribution in [-0.4, -0.2) is 38.9 Å². The summed E-state index contributed by atoms with van der Waals surface area (Å²) in [5.74, 6) is 0.773. The molecule has 2 N–H and O–H groups in total. The van der Waals surface area contributed by atoms with E-state index in [0.29, 0.717) is 6.04 Å². The largest absolute Gasteiger partial charge is 0.378 e. The summed E-state index contributed by atoms with van der Waals surface area (Å²) in [5.41, 5.74) is 1.04. The maximum atomic E-state index is 4.31. The monoisotopic (exact) mass is 216 g/mol. The zero-order chi connectivity index (χ0) is 10.8. The third-order valence-electron chi connectivity index (χ3n) is 2.55. The van der Waals surface area contributed by atoms with Crippen LogP contribution in [0.15, 0.2) is 31.0 Å². The molecule has 82 valence electrons. The van der Waals surface area contributed by atoms with E-state index in [4.69, 9.17) is 0 Å². The molecule has 1 aliphatic rings. The van der Waals surface area contributed by atoms with Crippen LogP contribution >= 0.6 is 0 Å². The molecule has 6 heteroatoms. The van der Waals surface area contributed by atoms with Crippen LogP contribution in [0.3, 0.4) is 0 Å². The summed E-state index contributed by atoms with van der Waals surface area (Å²) in [4.78, 5) is 8.19. The first-order chi connectivity index (χ1) is 7.92. The van der Waals surface area contributed by atoms with Crippen LogP contribution in [0.25, 0.3) is 5.82 Å². The third kappa shape index (κ3) is 1.74. The molecule has 0 bridgehead atoms. The van der Waals surface area contributed by atoms with Crippen molar-refractivity contribution in [2.24, 2.45) is 0 Å². The van der Waals surface area contributed by atoms with Crippen LogP contribution in [0.4, 0.5) is 5.69 Å². The number of aromatic nitrogens is 4. The van der Waals surface area contributed by atoms with E-state index in [1.54, 1.807) is 11.0 Å². The fourth-order valence-electron chi connectivity index (χ4n) is 1.56. The first kappa shape index (κ1) is 9.29. The second-order valence-corrected chi connectivity index (χ2v) is 3.74. The molecule has 0 spiro atoms. The van der Waals surface area contributed by atoms with Crippen molar-refractivity contribution >= 4 is 5.69 Å². The first-order valence-electron chi connectivity index (χ1n) is 5.20. The van der Waals surface area contributed by atoms with Crippen LogP contribution in [0.1, 0.15) is 0 Å². The highest BCUT2D eigenvalue weighted by molar-refractivity contribution is 5.44. The maximum absolute atomic E-state index is 4.31. The molecule has 0 aromatic carbocycles. The van der Waals surface area contributed by atoms with Gasteiger partial charge in [0.15, 0.2) is 5.82 Å². The second-order valence-electron chi connectivity index (χ2n) is 3.74. The first-order valence-corrected chi connectivity index (χ1v) is 5.20. The normalized spacial score (nSPS) is 15.8. The van der Waals surface area contributed by atoms with Crippen LogP contribution in [0, 0.1) is 0 Å². The predicted molar refractivity (Wildman–Crippen MR) is 59.4 cm³/mol. The van der Waals surface area contributed by atoms with E-state index in [1.165, 1.54) is 6.33 Å². The quantitative estimate of drug-likeness (QED) is 0.758. The van der Waals surface area contributed by atoms with E-state index in [-0.39, 0.29) is 0 Å². The number of hydrogen-bond acceptors (Lipinski definition) is 5. The lowest BCUT2D eigenvalue weighted by Crippen LogP contribution is -2.51. The Morgan fingerprint density at radius 1 is 1.38 bits per heavy atom. The van der Waals surface area contributed by atoms with Crippen molar-refractivity contribution in [1.82, 2.24) is 25.1 Å². The molecule has 16 heavy (non-hydrogen) atoms. The number of hydrogen-bond donors (Lipinski definition) is 2. The Hall–Kier alpha value is -1.95. The number of anilines is 1. The Morgan fingerprint density at radius 3 is 2.88 bits per heavy atom. The molecule has 0 aliphatic carbocycles. The summed E-state index contributed by atoms with van der Waals surface area (Å²) in [7, 11) is 0. The van der Waals surface area contributed by atoms with Gasteiger partial charge in [-0.1, -0.05) is 0 Å². The van der Waals surface area contributed by atoms with E-state index < -0.39 is 0 Å². The summed E-state index contributed by atoms with van der Waals surface area (Å²) >= 11 is 0. The van der Waals surface area contributed by atoms with Crippen LogP contribution in [0.2, 0.25) is 0 Å². The Kier molecular flexibility index (Phi) is 2.26. The molecule has 3 heterocycles. The molecule has 6 nitrogen and oxygen atoms in total. The molecule has 0 radical (unpaired) electrons. The molecule has 0 amide bonds. The van der Waals surface area contributed by atoms with Gasteiger partial charge in [-0.25, -0.2) is 14.6 Å². The molecule has 0 saturated carbocycles. The predicted octanol–water partition coefficient (Wildman–Crippen LogP) is 0.0460. The van der Waals surface area contributed by atoms with Crippen LogP contribution in [0.5, 0.6) is 0 Å². The van der Waals surface area contributed by atoms with Crippen LogP contribution in [-0.2, 0) is 0 Å². The maximum Gasteiger partial charge on any atom is 0.155 e. The molecule has 3 rings (SSSR count). The Balaban J connectivity index is 1.74. The molecule has 1 aliphatic heterocycles. The van der Waals surface area contributed by atoms with Gasteiger partial charge in [0, 0.05) is 13.1 Å². The van der Waals surface area contributed by atoms with Gasteiger partial charge in [0.2, 0.25) is 0 Å². The average Bonchev–Trinajstić information content (AvgIpc) is 2.78. The number of pyridine rings is 1. The highest BCUT2D eigenvalue weighted by atomic mass is 15.3. The van der Waals surface area contributed by atoms with Crippen molar-refractivity contribution in [1.29, 1.82) is 0 Å². The number of nitrogens with one attached hydrogen (secondary N) is 2. The minimum absolute atomic E-state index is 0.527. The average molecular weight is 216 g/mol. The molecular weight excluding hydrogens is 204 g/mol. The Labute approximate surface area is 92.7 Å². The van der Waals surface area contributed by atoms with Gasteiger partial charge < -0.3 is 10.6 Å². The lowest BCUT2D eigenvalue weighted by molar-refractivity contribution is 0.472. The summed E-state index contributed by atoms with van der Waals surface area (Å²) in [6, 6.07) is 4.45. The SMILES string of the molecule is c1ncn(-c2ccc(NC3CNC3)cn2)n1. The summed E-state index contributed by atoms with van der Waals surface area (Å²) < 4.78 is 1.63. The smallest absolute Gasteiger partial charge is 0.155 e. The van der Waals surface area contributed by atoms with Crippen molar-refractivity contribution < 1.29 is 0 Å². The van der Waals surface area contributed by atoms with Crippen molar-refractivity contribution in [3.05, 3.63) is 31.0 Å². The standard InChI is InChI=1S/C10H12N6/c1-2-10(16-7-12-6-14-16)13-5-8(1)15-9-3-11-4-9/h1-2,5-7,9,11,15H,3-4H2. The van der Waals surface area contributed by atoms with Gasteiger partial charge in [-0.05, 0) is 12.1 Å². The summed E-state index contributed by atoms with van der Waals surface area (Å²) in [6.45, 7) is 2.04. The van der Waals surface area contributed by atoms with Gasteiger partial charge in [-0.2, -0.15) is 5.10 Å². The third-order valence-corrected chi connectivity index (χ3v) is 2.55. The van der Waals surface area contributed by atoms with Gasteiger partial charge >= 0.3 is 0 Å². The van der Waals surface area contributed by atoms with E-state index >= 15 is 0 Å². The lowest BCUT2D eigenvalue weighted by Gasteiger charge is -2.28. The molecule has 1 fully saturated rings. The number of rotatable bonds is 3. The molecule has 2 aromatic heterocycles. The van der Waals surface area contributed by atoms with Crippen molar-refractivity contribution in [2.75, 3.05) is 18.4 Å².